The van der Waals surface area contributed by atoms with Crippen LogP contribution in [-0.4, -0.2) is 37.3 Å². The molecule has 0 aliphatic carbocycles. The molecule has 0 saturated heterocycles. The Morgan fingerprint density at radius 1 is 0.972 bits per heavy atom. The lowest BCUT2D eigenvalue weighted by Crippen LogP contribution is -2.34. The van der Waals surface area contributed by atoms with E-state index in [1.807, 2.05) is 0 Å². The highest BCUT2D eigenvalue weighted by molar-refractivity contribution is 9.11. The van der Waals surface area contributed by atoms with Crippen LogP contribution in [0.5, 0.6) is 17.2 Å². The Kier molecular flexibility index (Phi) is 8.39. The van der Waals surface area contributed by atoms with Crippen molar-refractivity contribution < 1.29 is 28.6 Å². The number of carbonyl (C=O) groups is 3. The standard InChI is InChI=1S/C24H16Br3N3O6/c25-15-7-14(22(18(27)9-15)36-24(33)16-3-1-2-4-17(16)26)10-29-30-21(31)11-28-23(32)13-5-6-19-20(8-13)35-12-34-19/h1-10H,11-12H2,(H,28,32)(H,30,31). The number of nitrogens with zero attached hydrogens (tertiary/aromatic N) is 1. The zero-order valence-electron chi connectivity index (χ0n) is 18.2. The Hall–Kier alpha value is -3.22. The fourth-order valence-corrected chi connectivity index (χ4v) is 4.86. The third-order valence-electron chi connectivity index (χ3n) is 4.76. The third-order valence-corrected chi connectivity index (χ3v) is 6.50. The summed E-state index contributed by atoms with van der Waals surface area (Å²) in [5, 5.41) is 6.43. The molecule has 12 heteroatoms. The number of benzene rings is 3. The summed E-state index contributed by atoms with van der Waals surface area (Å²) in [6, 6.07) is 15.0. The molecule has 1 aliphatic rings. The summed E-state index contributed by atoms with van der Waals surface area (Å²) >= 11 is 10.1. The number of fused-ring (bicyclic) bond motifs is 1. The second-order valence-corrected chi connectivity index (χ2v) is 9.84. The first-order valence-electron chi connectivity index (χ1n) is 10.3. The number of rotatable bonds is 7. The minimum absolute atomic E-state index is 0.0973. The van der Waals surface area contributed by atoms with Gasteiger partial charge in [-0.1, -0.05) is 28.1 Å². The molecule has 3 aromatic rings. The molecule has 2 amide bonds. The molecule has 1 aliphatic heterocycles. The zero-order chi connectivity index (χ0) is 25.7. The van der Waals surface area contributed by atoms with Gasteiger partial charge in [0, 0.05) is 20.1 Å². The van der Waals surface area contributed by atoms with Gasteiger partial charge in [-0.05, 0) is 74.3 Å². The van der Waals surface area contributed by atoms with Crippen molar-refractivity contribution in [2.24, 2.45) is 5.10 Å². The number of ether oxygens (including phenoxy) is 3. The Labute approximate surface area is 230 Å². The molecule has 0 bridgehead atoms. The average Bonchev–Trinajstić information content (AvgIpc) is 3.32. The Bertz CT molecular complexity index is 1380. The minimum Gasteiger partial charge on any atom is -0.454 e. The maximum Gasteiger partial charge on any atom is 0.344 e. The van der Waals surface area contributed by atoms with E-state index in [9.17, 15) is 14.4 Å². The molecule has 4 rings (SSSR count). The molecule has 184 valence electrons. The molecule has 0 radical (unpaired) electrons. The molecule has 0 fully saturated rings. The quantitative estimate of drug-likeness (QED) is 0.160. The zero-order valence-corrected chi connectivity index (χ0v) is 23.0. The van der Waals surface area contributed by atoms with Crippen molar-refractivity contribution in [1.82, 2.24) is 10.7 Å². The van der Waals surface area contributed by atoms with Crippen LogP contribution in [0.25, 0.3) is 0 Å². The largest absolute Gasteiger partial charge is 0.454 e. The summed E-state index contributed by atoms with van der Waals surface area (Å²) < 4.78 is 17.8. The van der Waals surface area contributed by atoms with Gasteiger partial charge >= 0.3 is 5.97 Å². The van der Waals surface area contributed by atoms with E-state index in [1.165, 1.54) is 12.3 Å². The molecule has 0 aromatic heterocycles. The van der Waals surface area contributed by atoms with Gasteiger partial charge in [0.25, 0.3) is 11.8 Å². The van der Waals surface area contributed by atoms with E-state index in [0.29, 0.717) is 41.6 Å². The second kappa shape index (κ2) is 11.7. The normalized spacial score (nSPS) is 11.9. The molecule has 0 atom stereocenters. The van der Waals surface area contributed by atoms with E-state index in [-0.39, 0.29) is 19.1 Å². The number of hydrogen-bond acceptors (Lipinski definition) is 7. The maximum atomic E-state index is 12.7. The summed E-state index contributed by atoms with van der Waals surface area (Å²) in [5.74, 6) is -0.346. The van der Waals surface area contributed by atoms with Crippen LogP contribution in [0.1, 0.15) is 26.3 Å². The Morgan fingerprint density at radius 2 is 1.75 bits per heavy atom. The summed E-state index contributed by atoms with van der Waals surface area (Å²) in [6.45, 7) is -0.212. The first-order chi connectivity index (χ1) is 17.3. The fraction of sp³-hybridized carbons (Fsp3) is 0.0833. The van der Waals surface area contributed by atoms with Crippen molar-refractivity contribution in [1.29, 1.82) is 0 Å². The number of halogens is 3. The van der Waals surface area contributed by atoms with Crippen molar-refractivity contribution >= 4 is 71.8 Å². The SMILES string of the molecule is O=C(CNC(=O)c1ccc2c(c1)OCO2)NN=Cc1cc(Br)cc(Br)c1OC(=O)c1ccccc1Br. The summed E-state index contributed by atoms with van der Waals surface area (Å²) in [6.07, 6.45) is 1.33. The van der Waals surface area contributed by atoms with Crippen LogP contribution in [0.3, 0.4) is 0 Å². The Morgan fingerprint density at radius 3 is 2.56 bits per heavy atom. The number of nitrogens with one attached hydrogen (secondary N) is 2. The fourth-order valence-electron chi connectivity index (χ4n) is 3.07. The van der Waals surface area contributed by atoms with Crippen LogP contribution in [0.15, 0.2) is 73.1 Å². The van der Waals surface area contributed by atoms with E-state index in [0.717, 1.165) is 0 Å². The number of esters is 1. The van der Waals surface area contributed by atoms with E-state index < -0.39 is 17.8 Å². The monoisotopic (exact) mass is 679 g/mol. The van der Waals surface area contributed by atoms with Gasteiger partial charge in [-0.25, -0.2) is 10.2 Å². The summed E-state index contributed by atoms with van der Waals surface area (Å²) in [5.41, 5.74) is 3.42. The van der Waals surface area contributed by atoms with Crippen molar-refractivity contribution in [3.8, 4) is 17.2 Å². The van der Waals surface area contributed by atoms with E-state index in [4.69, 9.17) is 14.2 Å². The van der Waals surface area contributed by atoms with Crippen LogP contribution in [-0.2, 0) is 4.79 Å². The average molecular weight is 682 g/mol. The molecular formula is C24H16Br3N3O6. The second-order valence-electron chi connectivity index (χ2n) is 7.22. The van der Waals surface area contributed by atoms with Gasteiger partial charge in [0.15, 0.2) is 17.2 Å². The summed E-state index contributed by atoms with van der Waals surface area (Å²) in [7, 11) is 0. The highest BCUT2D eigenvalue weighted by atomic mass is 79.9. The van der Waals surface area contributed by atoms with E-state index in [1.54, 1.807) is 48.5 Å². The predicted octanol–water partition coefficient (Wildman–Crippen LogP) is 4.80. The minimum atomic E-state index is -0.574. The first-order valence-corrected chi connectivity index (χ1v) is 12.6. The van der Waals surface area contributed by atoms with Gasteiger partial charge in [-0.2, -0.15) is 5.10 Å². The van der Waals surface area contributed by atoms with Crippen LogP contribution in [0.2, 0.25) is 0 Å². The van der Waals surface area contributed by atoms with Crippen molar-refractivity contribution in [3.63, 3.8) is 0 Å². The van der Waals surface area contributed by atoms with Gasteiger partial charge in [-0.15, -0.1) is 0 Å². The maximum absolute atomic E-state index is 12.7. The van der Waals surface area contributed by atoms with Crippen LogP contribution in [0, 0.1) is 0 Å². The number of hydrogen-bond donors (Lipinski definition) is 2. The highest BCUT2D eigenvalue weighted by Gasteiger charge is 2.18. The highest BCUT2D eigenvalue weighted by Crippen LogP contribution is 2.34. The topological polar surface area (TPSA) is 115 Å². The van der Waals surface area contributed by atoms with Gasteiger partial charge in [0.05, 0.1) is 22.8 Å². The lowest BCUT2D eigenvalue weighted by Gasteiger charge is -2.11. The van der Waals surface area contributed by atoms with Crippen LogP contribution in [0.4, 0.5) is 0 Å². The molecule has 0 saturated carbocycles. The smallest absolute Gasteiger partial charge is 0.344 e. The molecule has 0 spiro atoms. The van der Waals surface area contributed by atoms with Crippen molar-refractivity contribution in [2.45, 2.75) is 0 Å². The molecule has 2 N–H and O–H groups in total. The first kappa shape index (κ1) is 25.9. The van der Waals surface area contributed by atoms with Crippen LogP contribution >= 0.6 is 47.8 Å². The van der Waals surface area contributed by atoms with Gasteiger partial charge in [-0.3, -0.25) is 9.59 Å². The van der Waals surface area contributed by atoms with Gasteiger partial charge < -0.3 is 19.5 Å². The van der Waals surface area contributed by atoms with E-state index in [2.05, 4.69) is 63.6 Å². The Balaban J connectivity index is 1.38. The van der Waals surface area contributed by atoms with Crippen molar-refractivity contribution in [2.75, 3.05) is 13.3 Å². The predicted molar refractivity (Wildman–Crippen MR) is 142 cm³/mol. The molecule has 3 aromatic carbocycles. The lowest BCUT2D eigenvalue weighted by atomic mass is 10.2. The van der Waals surface area contributed by atoms with E-state index >= 15 is 0 Å². The number of hydrazone groups is 1. The molecule has 36 heavy (non-hydrogen) atoms. The molecule has 0 unspecified atom stereocenters. The lowest BCUT2D eigenvalue weighted by molar-refractivity contribution is -0.120. The number of carbonyl (C=O) groups excluding carboxylic acids is 3. The van der Waals surface area contributed by atoms with Gasteiger partial charge in [0.1, 0.15) is 0 Å². The van der Waals surface area contributed by atoms with Crippen molar-refractivity contribution in [3.05, 3.63) is 84.7 Å². The molecular weight excluding hydrogens is 666 g/mol. The third kappa shape index (κ3) is 6.31. The van der Waals surface area contributed by atoms with Crippen LogP contribution < -0.4 is 25.0 Å². The molecule has 1 heterocycles. The van der Waals surface area contributed by atoms with Gasteiger partial charge in [0.2, 0.25) is 6.79 Å². The number of amides is 2. The molecule has 9 nitrogen and oxygen atoms in total. The summed E-state index contributed by atoms with van der Waals surface area (Å²) in [4.78, 5) is 37.2.